The highest BCUT2D eigenvalue weighted by Crippen LogP contribution is 2.47. The number of nitrogens with one attached hydrogen (secondary N) is 1. The Morgan fingerprint density at radius 2 is 1.62 bits per heavy atom. The summed E-state index contributed by atoms with van der Waals surface area (Å²) in [5.41, 5.74) is 3.42. The fraction of sp³-hybridized carbons (Fsp3) is 0.438. The first-order valence-electron chi connectivity index (χ1n) is 13.6. The summed E-state index contributed by atoms with van der Waals surface area (Å²) in [5.74, 6) is -3.17. The summed E-state index contributed by atoms with van der Waals surface area (Å²) >= 11 is 0. The molecule has 0 aromatic heterocycles. The van der Waals surface area contributed by atoms with Crippen LogP contribution in [0.5, 0.6) is 0 Å². The molecule has 0 saturated heterocycles. The number of carbonyl (C=O) groups excluding carboxylic acids is 2. The Morgan fingerprint density at radius 1 is 1.02 bits per heavy atom. The fourth-order valence-corrected chi connectivity index (χ4v) is 5.18. The topological polar surface area (TPSA) is 117 Å². The molecule has 2 atom stereocenters. The Labute approximate surface area is 236 Å². The van der Waals surface area contributed by atoms with Crippen LogP contribution in [-0.2, 0) is 29.9 Å². The molecule has 2 aromatic rings. The number of nitrogens with zero attached hydrogens (tertiary/aromatic N) is 1. The van der Waals surface area contributed by atoms with Crippen molar-refractivity contribution in [2.45, 2.75) is 83.8 Å². The molecule has 0 aliphatic heterocycles. The minimum atomic E-state index is -1.10. The van der Waals surface area contributed by atoms with Gasteiger partial charge < -0.3 is 14.6 Å². The molecule has 0 saturated carbocycles. The second-order valence-corrected chi connectivity index (χ2v) is 11.4. The second-order valence-electron chi connectivity index (χ2n) is 11.4. The van der Waals surface area contributed by atoms with Gasteiger partial charge in [-0.1, -0.05) is 58.9 Å². The van der Waals surface area contributed by atoms with Crippen molar-refractivity contribution >= 4 is 29.4 Å². The molecule has 2 unspecified atom stereocenters. The normalized spacial score (nSPS) is 16.6. The molecule has 2 N–H and O–H groups in total. The van der Waals surface area contributed by atoms with Crippen LogP contribution < -0.4 is 4.90 Å². The van der Waals surface area contributed by atoms with E-state index in [1.165, 1.54) is 22.6 Å². The SMILES string of the molecule is C=CC(c1ccc(C(=O)O)cc1)N(C(=O)C(=N)OC(CC)C(=O)OCC)c1ccc2c(c1)C(C)(C)CCC2(C)C. The number of fused-ring (bicyclic) bond motifs is 1. The summed E-state index contributed by atoms with van der Waals surface area (Å²) in [5, 5.41) is 17.9. The summed E-state index contributed by atoms with van der Waals surface area (Å²) in [7, 11) is 0. The number of benzene rings is 2. The minimum absolute atomic E-state index is 0.0352. The van der Waals surface area contributed by atoms with E-state index in [9.17, 15) is 19.5 Å². The van der Waals surface area contributed by atoms with Crippen molar-refractivity contribution in [2.75, 3.05) is 11.5 Å². The largest absolute Gasteiger partial charge is 0.478 e. The van der Waals surface area contributed by atoms with Crippen LogP contribution in [0.3, 0.4) is 0 Å². The van der Waals surface area contributed by atoms with Gasteiger partial charge in [0.15, 0.2) is 6.10 Å². The van der Waals surface area contributed by atoms with Gasteiger partial charge >= 0.3 is 17.8 Å². The third-order valence-corrected chi connectivity index (χ3v) is 7.71. The number of carboxylic acid groups (broad SMARTS) is 1. The number of hydrogen-bond donors (Lipinski definition) is 2. The third kappa shape index (κ3) is 6.27. The van der Waals surface area contributed by atoms with Gasteiger partial charge in [-0.05, 0) is 78.0 Å². The molecule has 0 heterocycles. The van der Waals surface area contributed by atoms with Gasteiger partial charge in [-0.25, -0.2) is 9.59 Å². The van der Waals surface area contributed by atoms with Gasteiger partial charge in [0.05, 0.1) is 18.2 Å². The zero-order valence-corrected chi connectivity index (χ0v) is 24.2. The van der Waals surface area contributed by atoms with E-state index in [2.05, 4.69) is 34.3 Å². The molecule has 1 aliphatic rings. The Balaban J connectivity index is 2.13. The van der Waals surface area contributed by atoms with Gasteiger partial charge in [0.25, 0.3) is 5.90 Å². The van der Waals surface area contributed by atoms with E-state index in [-0.39, 0.29) is 29.4 Å². The van der Waals surface area contributed by atoms with E-state index < -0.39 is 35.9 Å². The van der Waals surface area contributed by atoms with Gasteiger partial charge in [-0.2, -0.15) is 0 Å². The Kier molecular flexibility index (Phi) is 9.23. The summed E-state index contributed by atoms with van der Waals surface area (Å²) in [6.45, 7) is 16.3. The minimum Gasteiger partial charge on any atom is -0.478 e. The third-order valence-electron chi connectivity index (χ3n) is 7.71. The van der Waals surface area contributed by atoms with Crippen LogP contribution in [0, 0.1) is 5.41 Å². The summed E-state index contributed by atoms with van der Waals surface area (Å²) in [6.07, 6.45) is 2.70. The van der Waals surface area contributed by atoms with Gasteiger partial charge in [-0.3, -0.25) is 15.1 Å². The van der Waals surface area contributed by atoms with E-state index >= 15 is 0 Å². The summed E-state index contributed by atoms with van der Waals surface area (Å²) in [6, 6.07) is 11.3. The molecule has 0 bridgehead atoms. The molecule has 0 spiro atoms. The number of ether oxygens (including phenoxy) is 2. The molecule has 1 amide bonds. The number of aromatic carboxylic acids is 1. The average Bonchev–Trinajstić information content (AvgIpc) is 2.92. The van der Waals surface area contributed by atoms with Gasteiger partial charge in [-0.15, -0.1) is 6.58 Å². The van der Waals surface area contributed by atoms with Crippen LogP contribution in [0.25, 0.3) is 0 Å². The lowest BCUT2D eigenvalue weighted by Gasteiger charge is -2.42. The summed E-state index contributed by atoms with van der Waals surface area (Å²) < 4.78 is 10.6. The molecule has 8 nitrogen and oxygen atoms in total. The molecule has 0 radical (unpaired) electrons. The van der Waals surface area contributed by atoms with Crippen LogP contribution >= 0.6 is 0 Å². The molecular weight excluding hydrogens is 508 g/mol. The van der Waals surface area contributed by atoms with Crippen molar-refractivity contribution in [1.82, 2.24) is 0 Å². The number of hydrogen-bond acceptors (Lipinski definition) is 6. The van der Waals surface area contributed by atoms with Crippen molar-refractivity contribution in [3.05, 3.63) is 77.4 Å². The lowest BCUT2D eigenvalue weighted by molar-refractivity contribution is -0.152. The van der Waals surface area contributed by atoms with E-state index in [4.69, 9.17) is 14.9 Å². The maximum absolute atomic E-state index is 14.0. The average molecular weight is 549 g/mol. The lowest BCUT2D eigenvalue weighted by atomic mass is 9.63. The standard InChI is InChI=1S/C32H40N2O6/c1-8-25(20-11-13-21(14-12-20)29(36)37)34(28(35)27(33)40-26(9-2)30(38)39-10-3)22-15-16-23-24(19-22)32(6,7)18-17-31(23,4)5/h8,11-16,19,25-26,33H,1,9-10,17-18H2,2-7H3,(H,36,37). The smallest absolute Gasteiger partial charge is 0.347 e. The van der Waals surface area contributed by atoms with Gasteiger partial charge in [0.2, 0.25) is 0 Å². The highest BCUT2D eigenvalue weighted by Gasteiger charge is 2.39. The van der Waals surface area contributed by atoms with E-state index in [0.29, 0.717) is 11.3 Å². The fourth-order valence-electron chi connectivity index (χ4n) is 5.18. The zero-order valence-electron chi connectivity index (χ0n) is 24.2. The predicted molar refractivity (Wildman–Crippen MR) is 155 cm³/mol. The quantitative estimate of drug-likeness (QED) is 0.164. The number of carbonyl (C=O) groups is 3. The first-order chi connectivity index (χ1) is 18.8. The predicted octanol–water partition coefficient (Wildman–Crippen LogP) is 6.33. The van der Waals surface area contributed by atoms with Gasteiger partial charge in [0, 0.05) is 5.69 Å². The van der Waals surface area contributed by atoms with Crippen molar-refractivity contribution in [3.63, 3.8) is 0 Å². The first kappa shape index (κ1) is 30.6. The van der Waals surface area contributed by atoms with Gasteiger partial charge in [0.1, 0.15) is 0 Å². The van der Waals surface area contributed by atoms with Crippen LogP contribution in [0.2, 0.25) is 0 Å². The van der Waals surface area contributed by atoms with Crippen molar-refractivity contribution in [3.8, 4) is 0 Å². The first-order valence-corrected chi connectivity index (χ1v) is 13.6. The Bertz CT molecular complexity index is 1290. The van der Waals surface area contributed by atoms with Crippen molar-refractivity contribution in [2.24, 2.45) is 0 Å². The number of amides is 1. The Hall–Kier alpha value is -3.94. The van der Waals surface area contributed by atoms with E-state index in [1.807, 2.05) is 18.2 Å². The Morgan fingerprint density at radius 3 is 2.15 bits per heavy atom. The van der Waals surface area contributed by atoms with E-state index in [1.54, 1.807) is 32.1 Å². The molecule has 8 heteroatoms. The van der Waals surface area contributed by atoms with E-state index in [0.717, 1.165) is 18.4 Å². The zero-order chi connectivity index (χ0) is 29.8. The molecular formula is C32H40N2O6. The molecule has 3 rings (SSSR count). The molecule has 214 valence electrons. The van der Waals surface area contributed by atoms with Crippen LogP contribution in [-0.4, -0.2) is 41.6 Å². The lowest BCUT2D eigenvalue weighted by Crippen LogP contribution is -2.42. The second kappa shape index (κ2) is 12.1. The number of rotatable bonds is 9. The molecule has 40 heavy (non-hydrogen) atoms. The molecule has 2 aromatic carbocycles. The maximum Gasteiger partial charge on any atom is 0.347 e. The highest BCUT2D eigenvalue weighted by molar-refractivity contribution is 6.39. The summed E-state index contributed by atoms with van der Waals surface area (Å²) in [4.78, 5) is 39.1. The van der Waals surface area contributed by atoms with Crippen molar-refractivity contribution < 1.29 is 29.0 Å². The van der Waals surface area contributed by atoms with Crippen LogP contribution in [0.15, 0.2) is 55.1 Å². The van der Waals surface area contributed by atoms with Crippen molar-refractivity contribution in [1.29, 1.82) is 5.41 Å². The number of carboxylic acids is 1. The molecule has 0 fully saturated rings. The number of anilines is 1. The highest BCUT2D eigenvalue weighted by atomic mass is 16.6. The maximum atomic E-state index is 14.0. The monoisotopic (exact) mass is 548 g/mol. The molecule has 1 aliphatic carbocycles. The van der Waals surface area contributed by atoms with Crippen LogP contribution in [0.4, 0.5) is 5.69 Å². The van der Waals surface area contributed by atoms with Crippen LogP contribution in [0.1, 0.15) is 93.9 Å². The number of esters is 1.